The highest BCUT2D eigenvalue weighted by atomic mass is 32.2. The molecule has 4 nitrogen and oxygen atoms in total. The van der Waals surface area contributed by atoms with Crippen LogP contribution in [0.15, 0.2) is 69.3 Å². The normalized spacial score (nSPS) is 17.9. The first-order valence-corrected chi connectivity index (χ1v) is 15.9. The van der Waals surface area contributed by atoms with Gasteiger partial charge in [0.1, 0.15) is 17.0 Å². The van der Waals surface area contributed by atoms with E-state index in [0.717, 1.165) is 36.0 Å². The molecular formula is C34H41N2O2S2+. The SMILES string of the molecule is CCN1/C(=C/C2=C(O)C(=C/c3sc4cc(CC(C)(C)C)ccc4[n+]3CC)/C2=O)Sc2cc(CC(C)(C)C)ccc21. The van der Waals surface area contributed by atoms with Crippen molar-refractivity contribution in [2.24, 2.45) is 10.8 Å². The van der Waals surface area contributed by atoms with E-state index in [4.69, 9.17) is 0 Å². The Morgan fingerprint density at radius 2 is 1.57 bits per heavy atom. The molecule has 0 amide bonds. The third-order valence-electron chi connectivity index (χ3n) is 7.23. The summed E-state index contributed by atoms with van der Waals surface area (Å²) in [5, 5.41) is 13.0. The molecular weight excluding hydrogens is 533 g/mol. The van der Waals surface area contributed by atoms with E-state index in [2.05, 4.69) is 101 Å². The lowest BCUT2D eigenvalue weighted by Gasteiger charge is -2.22. The number of ketones is 1. The Labute approximate surface area is 247 Å². The molecule has 0 saturated heterocycles. The molecule has 3 aromatic rings. The Morgan fingerprint density at radius 3 is 2.17 bits per heavy atom. The molecule has 1 aliphatic heterocycles. The minimum Gasteiger partial charge on any atom is -0.506 e. The minimum absolute atomic E-state index is 0.0899. The summed E-state index contributed by atoms with van der Waals surface area (Å²) in [5.74, 6) is -0.00776. The molecule has 0 radical (unpaired) electrons. The molecule has 5 rings (SSSR count). The lowest BCUT2D eigenvalue weighted by molar-refractivity contribution is -0.665. The lowest BCUT2D eigenvalue weighted by Crippen LogP contribution is -2.34. The molecule has 0 spiro atoms. The Morgan fingerprint density at radius 1 is 0.925 bits per heavy atom. The second-order valence-corrected chi connectivity index (χ2v) is 15.4. The number of anilines is 1. The number of aliphatic hydroxyl groups excluding tert-OH is 1. The van der Waals surface area contributed by atoms with Crippen LogP contribution < -0.4 is 9.47 Å². The number of benzene rings is 2. The van der Waals surface area contributed by atoms with Crippen LogP contribution in [0.25, 0.3) is 16.3 Å². The number of thioether (sulfide) groups is 1. The van der Waals surface area contributed by atoms with Crippen molar-refractivity contribution in [1.29, 1.82) is 0 Å². The summed E-state index contributed by atoms with van der Waals surface area (Å²) in [7, 11) is 0. The summed E-state index contributed by atoms with van der Waals surface area (Å²) >= 11 is 3.36. The first-order valence-electron chi connectivity index (χ1n) is 14.2. The third kappa shape index (κ3) is 5.66. The van der Waals surface area contributed by atoms with Gasteiger partial charge in [0.25, 0.3) is 5.01 Å². The molecule has 1 aromatic heterocycles. The first-order chi connectivity index (χ1) is 18.8. The molecule has 1 N–H and O–H groups in total. The number of aryl methyl sites for hydroxylation is 1. The number of aromatic nitrogens is 1. The zero-order chi connectivity index (χ0) is 29.0. The van der Waals surface area contributed by atoms with Crippen LogP contribution in [0.2, 0.25) is 0 Å². The van der Waals surface area contributed by atoms with Gasteiger partial charge in [0, 0.05) is 23.6 Å². The second-order valence-electron chi connectivity index (χ2n) is 13.2. The van der Waals surface area contributed by atoms with E-state index in [0.29, 0.717) is 11.1 Å². The largest absolute Gasteiger partial charge is 0.506 e. The van der Waals surface area contributed by atoms with E-state index in [-0.39, 0.29) is 22.4 Å². The predicted octanol–water partition coefficient (Wildman–Crippen LogP) is 8.64. The van der Waals surface area contributed by atoms with Crippen molar-refractivity contribution in [1.82, 2.24) is 0 Å². The number of carbonyl (C=O) groups excluding carboxylic acids is 1. The summed E-state index contributed by atoms with van der Waals surface area (Å²) in [6, 6.07) is 13.3. The van der Waals surface area contributed by atoms with E-state index >= 15 is 0 Å². The first kappa shape index (κ1) is 28.7. The highest BCUT2D eigenvalue weighted by Crippen LogP contribution is 2.48. The van der Waals surface area contributed by atoms with Gasteiger partial charge in [0.15, 0.2) is 0 Å². The van der Waals surface area contributed by atoms with Gasteiger partial charge in [0.05, 0.1) is 21.9 Å². The fourth-order valence-corrected chi connectivity index (χ4v) is 8.03. The van der Waals surface area contributed by atoms with Crippen LogP contribution in [0, 0.1) is 10.8 Å². The second kappa shape index (κ2) is 10.5. The van der Waals surface area contributed by atoms with Crippen molar-refractivity contribution < 1.29 is 14.5 Å². The van der Waals surface area contributed by atoms with Gasteiger partial charge in [-0.05, 0) is 72.9 Å². The van der Waals surface area contributed by atoms with Gasteiger partial charge in [-0.1, -0.05) is 76.8 Å². The van der Waals surface area contributed by atoms with Crippen molar-refractivity contribution in [3.8, 4) is 0 Å². The van der Waals surface area contributed by atoms with Gasteiger partial charge < -0.3 is 10.0 Å². The van der Waals surface area contributed by atoms with Crippen molar-refractivity contribution in [3.63, 3.8) is 0 Å². The number of aliphatic hydroxyl groups is 1. The number of carbonyl (C=O) groups is 1. The Kier molecular flexibility index (Phi) is 7.56. The fourth-order valence-electron chi connectivity index (χ4n) is 5.57. The predicted molar refractivity (Wildman–Crippen MR) is 170 cm³/mol. The number of Topliss-reactive ketones (excluding diaryl/α,β-unsaturated/α-hetero) is 1. The zero-order valence-corrected chi connectivity index (χ0v) is 26.6. The summed E-state index contributed by atoms with van der Waals surface area (Å²) in [6.45, 7) is 19.4. The van der Waals surface area contributed by atoms with Crippen LogP contribution in [0.5, 0.6) is 0 Å². The molecule has 2 aromatic carbocycles. The van der Waals surface area contributed by atoms with Gasteiger partial charge in [-0.15, -0.1) is 0 Å². The van der Waals surface area contributed by atoms with Crippen LogP contribution in [0.3, 0.4) is 0 Å². The highest BCUT2D eigenvalue weighted by Gasteiger charge is 2.36. The number of fused-ring (bicyclic) bond motifs is 2. The van der Waals surface area contributed by atoms with Gasteiger partial charge in [-0.2, -0.15) is 4.57 Å². The molecule has 40 heavy (non-hydrogen) atoms. The van der Waals surface area contributed by atoms with Crippen LogP contribution >= 0.6 is 23.1 Å². The summed E-state index contributed by atoms with van der Waals surface area (Å²) in [4.78, 5) is 16.7. The number of allylic oxidation sites excluding steroid dienone is 3. The molecule has 0 bridgehead atoms. The van der Waals surface area contributed by atoms with Crippen molar-refractivity contribution in [2.45, 2.75) is 79.7 Å². The molecule has 0 atom stereocenters. The standard InChI is InChI=1S/C34H40N2O2S2/c1-9-35-25-13-11-21(19-33(3,4)5)15-27(25)39-29(35)17-23-31(37)24(32(23)38)18-30-36(10-2)26-14-12-22(16-28(26)40-30)20-34(6,7)8/h11-18H,9-10,19-20H2,1-8H3/p+1. The molecule has 0 unspecified atom stereocenters. The summed E-state index contributed by atoms with van der Waals surface area (Å²) < 4.78 is 3.43. The van der Waals surface area contributed by atoms with Crippen molar-refractivity contribution in [2.75, 3.05) is 11.4 Å². The van der Waals surface area contributed by atoms with Gasteiger partial charge in [0.2, 0.25) is 11.3 Å². The average Bonchev–Trinajstić information content (AvgIpc) is 3.39. The summed E-state index contributed by atoms with van der Waals surface area (Å²) in [5.41, 5.74) is 6.20. The monoisotopic (exact) mass is 573 g/mol. The smallest absolute Gasteiger partial charge is 0.263 e. The van der Waals surface area contributed by atoms with Gasteiger partial charge in [-0.25, -0.2) is 0 Å². The van der Waals surface area contributed by atoms with E-state index in [9.17, 15) is 9.90 Å². The van der Waals surface area contributed by atoms with Crippen LogP contribution in [-0.2, 0) is 24.2 Å². The lowest BCUT2D eigenvalue weighted by atomic mass is 9.87. The van der Waals surface area contributed by atoms with Crippen molar-refractivity contribution in [3.05, 3.63) is 80.5 Å². The van der Waals surface area contributed by atoms with E-state index in [1.165, 1.54) is 31.9 Å². The fraction of sp³-hybridized carbons (Fsp3) is 0.412. The Balaban J connectivity index is 1.44. The molecule has 0 saturated carbocycles. The zero-order valence-electron chi connectivity index (χ0n) is 25.0. The number of rotatable bonds is 6. The average molecular weight is 574 g/mol. The summed E-state index contributed by atoms with van der Waals surface area (Å²) in [6.07, 6.45) is 5.75. The van der Waals surface area contributed by atoms with Gasteiger partial charge in [-0.3, -0.25) is 4.79 Å². The number of hydrogen-bond acceptors (Lipinski definition) is 5. The topological polar surface area (TPSA) is 44.4 Å². The maximum Gasteiger partial charge on any atom is 0.263 e. The number of thiazole rings is 1. The van der Waals surface area contributed by atoms with E-state index in [1.807, 2.05) is 12.2 Å². The van der Waals surface area contributed by atoms with E-state index in [1.54, 1.807) is 23.1 Å². The quantitative estimate of drug-likeness (QED) is 0.237. The van der Waals surface area contributed by atoms with Crippen molar-refractivity contribution >= 4 is 50.9 Å². The van der Waals surface area contributed by atoms with Crippen LogP contribution in [0.1, 0.15) is 71.5 Å². The molecule has 1 aliphatic carbocycles. The molecule has 2 aliphatic rings. The van der Waals surface area contributed by atoms with Gasteiger partial charge >= 0.3 is 0 Å². The van der Waals surface area contributed by atoms with E-state index < -0.39 is 0 Å². The highest BCUT2D eigenvalue weighted by molar-refractivity contribution is 8.03. The maximum atomic E-state index is 13.3. The van der Waals surface area contributed by atoms with Crippen LogP contribution in [0.4, 0.5) is 5.69 Å². The molecule has 210 valence electrons. The minimum atomic E-state index is -0.0976. The molecule has 6 heteroatoms. The van der Waals surface area contributed by atoms with Crippen LogP contribution in [-0.4, -0.2) is 17.4 Å². The molecule has 2 heterocycles. The Bertz CT molecular complexity index is 1590. The maximum absolute atomic E-state index is 13.3. The third-order valence-corrected chi connectivity index (χ3v) is 9.42. The number of nitrogens with zero attached hydrogens (tertiary/aromatic N) is 2. The Hall–Kier alpha value is -2.83. The molecule has 0 fully saturated rings. The number of hydrogen-bond donors (Lipinski definition) is 1.